The second kappa shape index (κ2) is 6.01. The zero-order valence-electron chi connectivity index (χ0n) is 10.3. The Bertz CT molecular complexity index is 502. The van der Waals surface area contributed by atoms with Crippen LogP contribution in [0.1, 0.15) is 10.4 Å². The highest BCUT2D eigenvalue weighted by atomic mass is 79.9. The van der Waals surface area contributed by atoms with E-state index in [2.05, 4.69) is 26.0 Å². The molecule has 0 aliphatic carbocycles. The Balaban J connectivity index is 2.31. The fourth-order valence-corrected chi connectivity index (χ4v) is 2.47. The maximum absolute atomic E-state index is 12.4. The Morgan fingerprint density at radius 3 is 2.55 bits per heavy atom. The van der Waals surface area contributed by atoms with E-state index in [1.165, 1.54) is 17.0 Å². The first kappa shape index (κ1) is 15.1. The van der Waals surface area contributed by atoms with Crippen molar-refractivity contribution in [2.75, 3.05) is 26.2 Å². The van der Waals surface area contributed by atoms with Crippen molar-refractivity contribution in [3.63, 3.8) is 0 Å². The number of carbonyl (C=O) groups is 1. The molecule has 0 saturated carbocycles. The number of carbonyl (C=O) groups excluding carboxylic acids is 1. The topological polar surface area (TPSA) is 41.6 Å². The third-order valence-electron chi connectivity index (χ3n) is 2.82. The number of nitrogens with zero attached hydrogens (tertiary/aromatic N) is 1. The highest BCUT2D eigenvalue weighted by Crippen LogP contribution is 2.32. The van der Waals surface area contributed by atoms with Gasteiger partial charge in [-0.15, -0.1) is 13.2 Å². The number of halogens is 4. The van der Waals surface area contributed by atoms with Crippen LogP contribution >= 0.6 is 15.9 Å². The van der Waals surface area contributed by atoms with Crippen molar-refractivity contribution < 1.29 is 22.7 Å². The molecule has 0 unspecified atom stereocenters. The molecule has 0 aromatic heterocycles. The van der Waals surface area contributed by atoms with Crippen LogP contribution in [0, 0.1) is 0 Å². The Labute approximate surface area is 122 Å². The number of ether oxygens (including phenoxy) is 1. The van der Waals surface area contributed by atoms with Gasteiger partial charge in [0.1, 0.15) is 5.75 Å². The second-order valence-electron chi connectivity index (χ2n) is 4.20. The molecule has 0 bridgehead atoms. The first-order valence-electron chi connectivity index (χ1n) is 5.93. The lowest BCUT2D eigenvalue weighted by molar-refractivity contribution is -0.274. The molecule has 0 radical (unpaired) electrons. The van der Waals surface area contributed by atoms with Gasteiger partial charge in [-0.3, -0.25) is 4.79 Å². The molecule has 1 aliphatic heterocycles. The summed E-state index contributed by atoms with van der Waals surface area (Å²) in [5.41, 5.74) is -0.105. The zero-order valence-corrected chi connectivity index (χ0v) is 11.9. The van der Waals surface area contributed by atoms with E-state index in [1.54, 1.807) is 0 Å². The van der Waals surface area contributed by atoms with Crippen LogP contribution in [0.4, 0.5) is 13.2 Å². The lowest BCUT2D eigenvalue weighted by atomic mass is 10.1. The molecule has 1 N–H and O–H groups in total. The lowest BCUT2D eigenvalue weighted by Crippen LogP contribution is -2.46. The minimum absolute atomic E-state index is 0.105. The van der Waals surface area contributed by atoms with Gasteiger partial charge in [-0.1, -0.05) is 6.07 Å². The van der Waals surface area contributed by atoms with E-state index in [0.29, 0.717) is 26.2 Å². The summed E-state index contributed by atoms with van der Waals surface area (Å²) >= 11 is 3.11. The molecule has 1 heterocycles. The Morgan fingerprint density at radius 1 is 1.30 bits per heavy atom. The van der Waals surface area contributed by atoms with Gasteiger partial charge >= 0.3 is 6.36 Å². The Morgan fingerprint density at radius 2 is 1.95 bits per heavy atom. The minimum Gasteiger partial charge on any atom is -0.405 e. The summed E-state index contributed by atoms with van der Waals surface area (Å²) in [5, 5.41) is 3.07. The molecule has 4 nitrogen and oxygen atoms in total. The van der Waals surface area contributed by atoms with Gasteiger partial charge in [0.05, 0.1) is 5.56 Å². The third kappa shape index (κ3) is 3.63. The molecular formula is C12H12BrF3N2O2. The lowest BCUT2D eigenvalue weighted by Gasteiger charge is -2.28. The summed E-state index contributed by atoms with van der Waals surface area (Å²) in [6, 6.07) is 4.03. The molecule has 8 heteroatoms. The van der Waals surface area contributed by atoms with Crippen molar-refractivity contribution in [3.05, 3.63) is 28.2 Å². The smallest absolute Gasteiger partial charge is 0.405 e. The molecule has 1 amide bonds. The molecule has 1 aromatic rings. The Kier molecular flexibility index (Phi) is 4.54. The molecule has 1 saturated heterocycles. The van der Waals surface area contributed by atoms with Crippen LogP contribution in [0.5, 0.6) is 5.75 Å². The van der Waals surface area contributed by atoms with Gasteiger partial charge < -0.3 is 15.0 Å². The fraction of sp³-hybridized carbons (Fsp3) is 0.417. The van der Waals surface area contributed by atoms with E-state index >= 15 is 0 Å². The molecule has 20 heavy (non-hydrogen) atoms. The minimum atomic E-state index is -4.83. The van der Waals surface area contributed by atoms with Crippen LogP contribution in [0.2, 0.25) is 0 Å². The van der Waals surface area contributed by atoms with Gasteiger partial charge in [0.2, 0.25) is 0 Å². The van der Waals surface area contributed by atoms with Crippen LogP contribution in [0.15, 0.2) is 22.7 Å². The van der Waals surface area contributed by atoms with E-state index in [0.717, 1.165) is 6.07 Å². The maximum atomic E-state index is 12.4. The molecule has 2 rings (SSSR count). The van der Waals surface area contributed by atoms with Crippen LogP contribution in [-0.2, 0) is 0 Å². The average Bonchev–Trinajstić information content (AvgIpc) is 2.37. The first-order valence-corrected chi connectivity index (χ1v) is 6.72. The molecule has 0 spiro atoms. The summed E-state index contributed by atoms with van der Waals surface area (Å²) in [4.78, 5) is 13.8. The summed E-state index contributed by atoms with van der Waals surface area (Å²) in [7, 11) is 0. The molecule has 110 valence electrons. The molecular weight excluding hydrogens is 341 g/mol. The van der Waals surface area contributed by atoms with Crippen LogP contribution in [0.25, 0.3) is 0 Å². The van der Waals surface area contributed by atoms with Gasteiger partial charge in [-0.05, 0) is 28.1 Å². The number of hydrogen-bond acceptors (Lipinski definition) is 3. The standard InChI is InChI=1S/C12H12BrF3N2O2/c13-8-2-1-3-9(20-12(14,15)16)10(8)11(19)18-6-4-17-5-7-18/h1-3,17H,4-7H2. The number of rotatable bonds is 2. The van der Waals surface area contributed by atoms with Gasteiger partial charge in [-0.2, -0.15) is 0 Å². The third-order valence-corrected chi connectivity index (χ3v) is 3.48. The number of amides is 1. The predicted octanol–water partition coefficient (Wildman–Crippen LogP) is 2.39. The number of hydrogen-bond donors (Lipinski definition) is 1. The first-order chi connectivity index (χ1) is 9.38. The normalized spacial score (nSPS) is 16.1. The van der Waals surface area contributed by atoms with Crippen molar-refractivity contribution in [2.45, 2.75) is 6.36 Å². The second-order valence-corrected chi connectivity index (χ2v) is 5.06. The SMILES string of the molecule is O=C(c1c(Br)cccc1OC(F)(F)F)N1CCNCC1. The predicted molar refractivity (Wildman–Crippen MR) is 69.6 cm³/mol. The summed E-state index contributed by atoms with van der Waals surface area (Å²) in [5.74, 6) is -0.964. The highest BCUT2D eigenvalue weighted by molar-refractivity contribution is 9.10. The van der Waals surface area contributed by atoms with Crippen molar-refractivity contribution in [1.29, 1.82) is 0 Å². The van der Waals surface area contributed by atoms with Crippen molar-refractivity contribution in [2.24, 2.45) is 0 Å². The van der Waals surface area contributed by atoms with Gasteiger partial charge in [0.15, 0.2) is 0 Å². The molecule has 1 aromatic carbocycles. The van der Waals surface area contributed by atoms with E-state index in [9.17, 15) is 18.0 Å². The van der Waals surface area contributed by atoms with E-state index in [1.807, 2.05) is 0 Å². The van der Waals surface area contributed by atoms with E-state index in [-0.39, 0.29) is 10.0 Å². The fourth-order valence-electron chi connectivity index (χ4n) is 1.95. The van der Waals surface area contributed by atoms with Gasteiger partial charge in [0.25, 0.3) is 5.91 Å². The zero-order chi connectivity index (χ0) is 14.8. The summed E-state index contributed by atoms with van der Waals surface area (Å²) < 4.78 is 41.4. The van der Waals surface area contributed by atoms with Crippen LogP contribution < -0.4 is 10.1 Å². The number of alkyl halides is 3. The van der Waals surface area contributed by atoms with E-state index in [4.69, 9.17) is 0 Å². The van der Waals surface area contributed by atoms with Crippen LogP contribution in [0.3, 0.4) is 0 Å². The maximum Gasteiger partial charge on any atom is 0.573 e. The molecule has 1 fully saturated rings. The molecule has 0 atom stereocenters. The van der Waals surface area contributed by atoms with Crippen molar-refractivity contribution >= 4 is 21.8 Å². The van der Waals surface area contributed by atoms with Crippen molar-refractivity contribution in [3.8, 4) is 5.75 Å². The number of benzene rings is 1. The average molecular weight is 353 g/mol. The van der Waals surface area contributed by atoms with Crippen LogP contribution in [-0.4, -0.2) is 43.3 Å². The largest absolute Gasteiger partial charge is 0.573 e. The summed E-state index contributed by atoms with van der Waals surface area (Å²) in [6.45, 7) is 2.13. The highest BCUT2D eigenvalue weighted by Gasteiger charge is 2.34. The van der Waals surface area contributed by atoms with Gasteiger partial charge in [0, 0.05) is 30.7 Å². The van der Waals surface area contributed by atoms with Gasteiger partial charge in [-0.25, -0.2) is 0 Å². The quantitative estimate of drug-likeness (QED) is 0.888. The number of nitrogens with one attached hydrogen (secondary N) is 1. The summed E-state index contributed by atoms with van der Waals surface area (Å²) in [6.07, 6.45) is -4.83. The monoisotopic (exact) mass is 352 g/mol. The molecule has 1 aliphatic rings. The van der Waals surface area contributed by atoms with Crippen molar-refractivity contribution in [1.82, 2.24) is 10.2 Å². The number of piperazine rings is 1. The Hall–Kier alpha value is -1.28. The van der Waals surface area contributed by atoms with E-state index < -0.39 is 18.0 Å².